The van der Waals surface area contributed by atoms with E-state index in [1.165, 1.54) is 14.2 Å². The van der Waals surface area contributed by atoms with E-state index in [1.54, 1.807) is 24.3 Å². The summed E-state index contributed by atoms with van der Waals surface area (Å²) in [4.78, 5) is 41.7. The normalized spacial score (nSPS) is 15.8. The molecule has 0 bridgehead atoms. The monoisotopic (exact) mass is 422 g/mol. The fourth-order valence-electron chi connectivity index (χ4n) is 3.55. The SMILES string of the molecule is COc1ccc(CN2C(=O)N[C@H](CC(=O)Nc3ccc4[nH]ccc4c3)C2=O)cc1OC. The number of amides is 4. The molecule has 160 valence electrons. The summed E-state index contributed by atoms with van der Waals surface area (Å²) in [6, 6.07) is 11.1. The van der Waals surface area contributed by atoms with Gasteiger partial charge in [0.15, 0.2) is 11.5 Å². The summed E-state index contributed by atoms with van der Waals surface area (Å²) < 4.78 is 10.5. The van der Waals surface area contributed by atoms with Crippen LogP contribution in [0.25, 0.3) is 10.9 Å². The molecule has 1 aliphatic heterocycles. The van der Waals surface area contributed by atoms with Gasteiger partial charge in [-0.05, 0) is 42.0 Å². The molecule has 1 saturated heterocycles. The Morgan fingerprint density at radius 1 is 1.06 bits per heavy atom. The van der Waals surface area contributed by atoms with Crippen LogP contribution in [-0.4, -0.2) is 48.0 Å². The minimum Gasteiger partial charge on any atom is -0.493 e. The lowest BCUT2D eigenvalue weighted by molar-refractivity contribution is -0.130. The highest BCUT2D eigenvalue weighted by Crippen LogP contribution is 2.28. The zero-order valence-corrected chi connectivity index (χ0v) is 17.1. The molecule has 1 aromatic heterocycles. The van der Waals surface area contributed by atoms with Crippen molar-refractivity contribution in [1.82, 2.24) is 15.2 Å². The zero-order valence-electron chi connectivity index (χ0n) is 17.1. The van der Waals surface area contributed by atoms with Crippen LogP contribution in [0.5, 0.6) is 11.5 Å². The van der Waals surface area contributed by atoms with Gasteiger partial charge in [0.05, 0.1) is 27.2 Å². The van der Waals surface area contributed by atoms with Crippen molar-refractivity contribution in [2.75, 3.05) is 19.5 Å². The second kappa shape index (κ2) is 8.39. The van der Waals surface area contributed by atoms with Gasteiger partial charge >= 0.3 is 6.03 Å². The van der Waals surface area contributed by atoms with Gasteiger partial charge in [0.25, 0.3) is 5.91 Å². The number of benzene rings is 2. The summed E-state index contributed by atoms with van der Waals surface area (Å²) in [5.41, 5.74) is 2.28. The van der Waals surface area contributed by atoms with Gasteiger partial charge in [0.2, 0.25) is 5.91 Å². The summed E-state index contributed by atoms with van der Waals surface area (Å²) in [5, 5.41) is 6.32. The highest BCUT2D eigenvalue weighted by Gasteiger charge is 2.39. The number of methoxy groups -OCH3 is 2. The number of H-pyrrole nitrogens is 1. The number of urea groups is 1. The standard InChI is InChI=1S/C22H22N4O5/c1-30-18-6-3-13(9-19(18)31-2)12-26-21(28)17(25-22(26)29)11-20(27)24-15-4-5-16-14(10-15)7-8-23-16/h3-10,17,23H,11-12H2,1-2H3,(H,24,27)(H,25,29)/t17-/m1/s1. The number of aromatic nitrogens is 1. The van der Waals surface area contributed by atoms with Crippen LogP contribution in [0.2, 0.25) is 0 Å². The Balaban J connectivity index is 1.40. The van der Waals surface area contributed by atoms with Crippen LogP contribution in [0.4, 0.5) is 10.5 Å². The number of carbonyl (C=O) groups is 3. The highest BCUT2D eigenvalue weighted by atomic mass is 16.5. The van der Waals surface area contributed by atoms with E-state index in [0.717, 1.165) is 15.8 Å². The van der Waals surface area contributed by atoms with E-state index >= 15 is 0 Å². The maximum absolute atomic E-state index is 12.7. The molecule has 0 unspecified atom stereocenters. The molecule has 31 heavy (non-hydrogen) atoms. The van der Waals surface area contributed by atoms with Crippen LogP contribution in [-0.2, 0) is 16.1 Å². The fourth-order valence-corrected chi connectivity index (χ4v) is 3.55. The van der Waals surface area contributed by atoms with E-state index in [9.17, 15) is 14.4 Å². The smallest absolute Gasteiger partial charge is 0.325 e. The average Bonchev–Trinajstić information content (AvgIpc) is 3.33. The van der Waals surface area contributed by atoms with Crippen molar-refractivity contribution < 1.29 is 23.9 Å². The summed E-state index contributed by atoms with van der Waals surface area (Å²) >= 11 is 0. The predicted molar refractivity (Wildman–Crippen MR) is 114 cm³/mol. The maximum Gasteiger partial charge on any atom is 0.325 e. The number of nitrogens with zero attached hydrogens (tertiary/aromatic N) is 1. The summed E-state index contributed by atoms with van der Waals surface area (Å²) in [6.07, 6.45) is 1.66. The zero-order chi connectivity index (χ0) is 22.0. The fraction of sp³-hybridized carbons (Fsp3) is 0.227. The van der Waals surface area contributed by atoms with Crippen LogP contribution in [0.3, 0.4) is 0 Å². The molecule has 1 atom stereocenters. The molecule has 4 rings (SSSR count). The molecular formula is C22H22N4O5. The summed E-state index contributed by atoms with van der Waals surface area (Å²) in [7, 11) is 3.04. The molecule has 1 fully saturated rings. The molecule has 9 nitrogen and oxygen atoms in total. The van der Waals surface area contributed by atoms with E-state index in [0.29, 0.717) is 22.7 Å². The van der Waals surface area contributed by atoms with Crippen molar-refractivity contribution in [3.63, 3.8) is 0 Å². The molecule has 1 aliphatic rings. The Bertz CT molecular complexity index is 1160. The largest absolute Gasteiger partial charge is 0.493 e. The van der Waals surface area contributed by atoms with Gasteiger partial charge in [-0.1, -0.05) is 6.07 Å². The number of ether oxygens (including phenoxy) is 2. The molecule has 2 aromatic carbocycles. The molecule has 2 heterocycles. The van der Waals surface area contributed by atoms with E-state index in [2.05, 4.69) is 15.6 Å². The first-order valence-corrected chi connectivity index (χ1v) is 9.68. The van der Waals surface area contributed by atoms with Crippen molar-refractivity contribution in [2.24, 2.45) is 0 Å². The van der Waals surface area contributed by atoms with Crippen molar-refractivity contribution in [3.05, 3.63) is 54.2 Å². The number of hydrogen-bond donors (Lipinski definition) is 3. The molecule has 9 heteroatoms. The number of carbonyl (C=O) groups excluding carboxylic acids is 3. The van der Waals surface area contributed by atoms with Gasteiger partial charge in [-0.15, -0.1) is 0 Å². The first-order valence-electron chi connectivity index (χ1n) is 9.68. The Labute approximate surface area is 178 Å². The highest BCUT2D eigenvalue weighted by molar-refractivity contribution is 6.07. The third-order valence-corrected chi connectivity index (χ3v) is 5.12. The summed E-state index contributed by atoms with van der Waals surface area (Å²) in [5.74, 6) is 0.246. The molecule has 0 aliphatic carbocycles. The van der Waals surface area contributed by atoms with E-state index in [4.69, 9.17) is 9.47 Å². The number of rotatable bonds is 7. The number of imide groups is 1. The van der Waals surface area contributed by atoms with Crippen LogP contribution >= 0.6 is 0 Å². The van der Waals surface area contributed by atoms with Crippen LogP contribution < -0.4 is 20.1 Å². The van der Waals surface area contributed by atoms with Gasteiger partial charge in [-0.2, -0.15) is 0 Å². The van der Waals surface area contributed by atoms with Crippen LogP contribution in [0.15, 0.2) is 48.7 Å². The molecule has 0 spiro atoms. The Morgan fingerprint density at radius 3 is 2.65 bits per heavy atom. The number of nitrogens with one attached hydrogen (secondary N) is 3. The summed E-state index contributed by atoms with van der Waals surface area (Å²) in [6.45, 7) is 0.0628. The van der Waals surface area contributed by atoms with Gasteiger partial charge in [-0.25, -0.2) is 4.79 Å². The first kappa shape index (κ1) is 20.3. The lowest BCUT2D eigenvalue weighted by Crippen LogP contribution is -2.34. The Morgan fingerprint density at radius 2 is 1.87 bits per heavy atom. The van der Waals surface area contributed by atoms with Crippen LogP contribution in [0, 0.1) is 0 Å². The number of aromatic amines is 1. The number of fused-ring (bicyclic) bond motifs is 1. The quantitative estimate of drug-likeness (QED) is 0.507. The van der Waals surface area contributed by atoms with Crippen molar-refractivity contribution in [1.29, 1.82) is 0 Å². The number of hydrogen-bond acceptors (Lipinski definition) is 5. The Kier molecular flexibility index (Phi) is 5.48. The third kappa shape index (κ3) is 4.16. The van der Waals surface area contributed by atoms with Gasteiger partial charge in [0, 0.05) is 22.8 Å². The second-order valence-electron chi connectivity index (χ2n) is 7.15. The number of anilines is 1. The van der Waals surface area contributed by atoms with Gasteiger partial charge in [-0.3, -0.25) is 14.5 Å². The topological polar surface area (TPSA) is 113 Å². The molecule has 0 radical (unpaired) electrons. The van der Waals surface area contributed by atoms with Crippen molar-refractivity contribution in [3.8, 4) is 11.5 Å². The average molecular weight is 422 g/mol. The minimum absolute atomic E-state index is 0.0628. The maximum atomic E-state index is 12.7. The lowest BCUT2D eigenvalue weighted by Gasteiger charge is -2.15. The minimum atomic E-state index is -0.913. The van der Waals surface area contributed by atoms with Gasteiger partial charge in [0.1, 0.15) is 6.04 Å². The van der Waals surface area contributed by atoms with Crippen molar-refractivity contribution in [2.45, 2.75) is 19.0 Å². The van der Waals surface area contributed by atoms with E-state index < -0.39 is 18.0 Å². The Hall–Kier alpha value is -4.01. The molecule has 4 amide bonds. The second-order valence-corrected chi connectivity index (χ2v) is 7.15. The van der Waals surface area contributed by atoms with Crippen LogP contribution in [0.1, 0.15) is 12.0 Å². The molecule has 3 aromatic rings. The molecular weight excluding hydrogens is 400 g/mol. The third-order valence-electron chi connectivity index (χ3n) is 5.12. The van der Waals surface area contributed by atoms with Crippen molar-refractivity contribution >= 4 is 34.4 Å². The lowest BCUT2D eigenvalue weighted by atomic mass is 10.1. The predicted octanol–water partition coefficient (Wildman–Crippen LogP) is 2.63. The van der Waals surface area contributed by atoms with Gasteiger partial charge < -0.3 is 25.1 Å². The first-order chi connectivity index (χ1) is 15.0. The molecule has 3 N–H and O–H groups in total. The molecule has 0 saturated carbocycles. The van der Waals surface area contributed by atoms with E-state index in [1.807, 2.05) is 24.4 Å². The van der Waals surface area contributed by atoms with E-state index in [-0.39, 0.29) is 18.9 Å².